The second kappa shape index (κ2) is 11.1. The van der Waals surface area contributed by atoms with Gasteiger partial charge in [-0.15, -0.1) is 0 Å². The van der Waals surface area contributed by atoms with Crippen molar-refractivity contribution in [2.24, 2.45) is 5.73 Å². The van der Waals surface area contributed by atoms with Crippen LogP contribution in [-0.4, -0.2) is 46.5 Å². The summed E-state index contributed by atoms with van der Waals surface area (Å²) < 4.78 is 11.0. The molecule has 202 valence electrons. The Bertz CT molecular complexity index is 1250. The quantitative estimate of drug-likeness (QED) is 0.437. The number of carbonyl (C=O) groups is 4. The Balaban J connectivity index is 1.93. The molecule has 0 bridgehead atoms. The van der Waals surface area contributed by atoms with Crippen LogP contribution < -0.4 is 11.1 Å². The highest BCUT2D eigenvalue weighted by atomic mass is 16.6. The second-order valence-electron chi connectivity index (χ2n) is 11.0. The molecule has 0 radical (unpaired) electrons. The maximum absolute atomic E-state index is 13.7. The van der Waals surface area contributed by atoms with Gasteiger partial charge in [-0.05, 0) is 95.0 Å². The summed E-state index contributed by atoms with van der Waals surface area (Å²) in [6.45, 7) is 10.9. The maximum atomic E-state index is 13.7. The number of nitrogens with one attached hydrogen (secondary N) is 1. The lowest BCUT2D eigenvalue weighted by Gasteiger charge is -2.37. The lowest BCUT2D eigenvalue weighted by Crippen LogP contribution is -2.47. The molecule has 2 aromatic carbocycles. The number of rotatable bonds is 5. The molecular formula is C29H35N3O6. The molecule has 1 aliphatic rings. The molecule has 0 saturated carbocycles. The molecule has 9 heteroatoms. The van der Waals surface area contributed by atoms with Crippen LogP contribution in [0.4, 0.5) is 10.5 Å². The number of hydrogen-bond donors (Lipinski definition) is 2. The van der Waals surface area contributed by atoms with Crippen LogP contribution in [0.15, 0.2) is 48.5 Å². The Kier molecular flexibility index (Phi) is 8.29. The van der Waals surface area contributed by atoms with Gasteiger partial charge in [0.15, 0.2) is 0 Å². The first kappa shape index (κ1) is 28.4. The number of nitrogens with two attached hydrogens (primary N) is 1. The molecule has 1 atom stereocenters. The van der Waals surface area contributed by atoms with Gasteiger partial charge in [-0.1, -0.05) is 18.2 Å². The smallest absolute Gasteiger partial charge is 0.411 e. The predicted octanol–water partition coefficient (Wildman–Crippen LogP) is 4.61. The van der Waals surface area contributed by atoms with Gasteiger partial charge in [0, 0.05) is 18.3 Å². The number of fused-ring (bicyclic) bond motifs is 1. The van der Waals surface area contributed by atoms with E-state index in [1.807, 2.05) is 6.07 Å². The Hall–Kier alpha value is -4.14. The highest BCUT2D eigenvalue weighted by molar-refractivity contribution is 5.99. The normalized spacial score (nSPS) is 15.5. The van der Waals surface area contributed by atoms with Crippen LogP contribution in [0.3, 0.4) is 0 Å². The number of amides is 3. The number of carbonyl (C=O) groups excluding carboxylic acids is 4. The molecule has 1 heterocycles. The van der Waals surface area contributed by atoms with Crippen molar-refractivity contribution < 1.29 is 28.7 Å². The van der Waals surface area contributed by atoms with E-state index in [2.05, 4.69) is 5.32 Å². The largest absolute Gasteiger partial charge is 0.456 e. The van der Waals surface area contributed by atoms with Gasteiger partial charge in [-0.25, -0.2) is 9.59 Å². The van der Waals surface area contributed by atoms with E-state index < -0.39 is 41.1 Å². The third-order valence-corrected chi connectivity index (χ3v) is 5.55. The van der Waals surface area contributed by atoms with Crippen LogP contribution >= 0.6 is 0 Å². The minimum Gasteiger partial charge on any atom is -0.456 e. The first-order valence-corrected chi connectivity index (χ1v) is 12.4. The summed E-state index contributed by atoms with van der Waals surface area (Å²) in [7, 11) is 0. The molecule has 1 unspecified atom stereocenters. The zero-order valence-corrected chi connectivity index (χ0v) is 22.7. The van der Waals surface area contributed by atoms with Crippen molar-refractivity contribution in [1.29, 1.82) is 0 Å². The minimum absolute atomic E-state index is 0.235. The third-order valence-electron chi connectivity index (χ3n) is 5.55. The van der Waals surface area contributed by atoms with E-state index in [-0.39, 0.29) is 6.54 Å². The third kappa shape index (κ3) is 7.44. The van der Waals surface area contributed by atoms with Gasteiger partial charge in [0.2, 0.25) is 5.91 Å². The Morgan fingerprint density at radius 3 is 2.16 bits per heavy atom. The van der Waals surface area contributed by atoms with E-state index >= 15 is 0 Å². The van der Waals surface area contributed by atoms with Crippen molar-refractivity contribution in [3.63, 3.8) is 0 Å². The number of primary amides is 1. The fourth-order valence-corrected chi connectivity index (χ4v) is 4.06. The summed E-state index contributed by atoms with van der Waals surface area (Å²) in [5.41, 5.74) is 6.89. The van der Waals surface area contributed by atoms with Gasteiger partial charge in [-0.3, -0.25) is 14.5 Å². The van der Waals surface area contributed by atoms with Crippen LogP contribution in [0.5, 0.6) is 0 Å². The zero-order valence-electron chi connectivity index (χ0n) is 22.7. The second-order valence-corrected chi connectivity index (χ2v) is 11.0. The fourth-order valence-electron chi connectivity index (χ4n) is 4.06. The van der Waals surface area contributed by atoms with Crippen molar-refractivity contribution in [2.45, 2.75) is 65.2 Å². The van der Waals surface area contributed by atoms with Crippen molar-refractivity contribution >= 4 is 35.6 Å². The van der Waals surface area contributed by atoms with Crippen LogP contribution in [0.2, 0.25) is 0 Å². The van der Waals surface area contributed by atoms with Crippen molar-refractivity contribution in [3.05, 3.63) is 70.8 Å². The Morgan fingerprint density at radius 2 is 1.58 bits per heavy atom. The van der Waals surface area contributed by atoms with E-state index in [0.717, 1.165) is 11.1 Å². The standard InChI is InChI=1S/C29H35N3O6/c1-28(2,3)37-26(35)19-10-13-20(14-11-19)31-25(34)24-22-9-7-8-18(12-15-23(30)33)21(22)16-17-32(24)27(36)38-29(4,5)6/h7-15,24H,16-17H2,1-6H3,(H2,30,33)(H,31,34)/b15-12+. The number of esters is 1. The molecular weight excluding hydrogens is 486 g/mol. The molecule has 1 aliphatic heterocycles. The molecule has 9 nitrogen and oxygen atoms in total. The predicted molar refractivity (Wildman–Crippen MR) is 144 cm³/mol. The Labute approximate surface area is 223 Å². The number of anilines is 1. The molecule has 0 saturated heterocycles. The molecule has 3 rings (SSSR count). The summed E-state index contributed by atoms with van der Waals surface area (Å²) in [5, 5.41) is 2.85. The first-order chi connectivity index (χ1) is 17.6. The van der Waals surface area contributed by atoms with Gasteiger partial charge in [0.05, 0.1) is 5.56 Å². The molecule has 2 aromatic rings. The molecule has 3 amide bonds. The molecule has 0 spiro atoms. The summed E-state index contributed by atoms with van der Waals surface area (Å²) in [4.78, 5) is 51.8. The Morgan fingerprint density at radius 1 is 0.947 bits per heavy atom. The van der Waals surface area contributed by atoms with Crippen molar-refractivity contribution in [2.75, 3.05) is 11.9 Å². The highest BCUT2D eigenvalue weighted by Gasteiger charge is 2.38. The van der Waals surface area contributed by atoms with Crippen LogP contribution in [0, 0.1) is 0 Å². The molecule has 3 N–H and O–H groups in total. The van der Waals surface area contributed by atoms with Crippen LogP contribution in [0.1, 0.15) is 74.6 Å². The molecule has 0 fully saturated rings. The summed E-state index contributed by atoms with van der Waals surface area (Å²) >= 11 is 0. The van der Waals surface area contributed by atoms with Gasteiger partial charge in [0.25, 0.3) is 5.91 Å². The van der Waals surface area contributed by atoms with Gasteiger partial charge >= 0.3 is 12.1 Å². The number of ether oxygens (including phenoxy) is 2. The lowest BCUT2D eigenvalue weighted by atomic mass is 9.88. The summed E-state index contributed by atoms with van der Waals surface area (Å²) in [6, 6.07) is 10.7. The van der Waals surface area contributed by atoms with E-state index in [4.69, 9.17) is 15.2 Å². The monoisotopic (exact) mass is 521 g/mol. The van der Waals surface area contributed by atoms with Crippen LogP contribution in [0.25, 0.3) is 6.08 Å². The average molecular weight is 522 g/mol. The molecule has 0 aromatic heterocycles. The zero-order chi connectivity index (χ0) is 28.3. The summed E-state index contributed by atoms with van der Waals surface area (Å²) in [6.07, 6.45) is 2.72. The number of hydrogen-bond acceptors (Lipinski definition) is 6. The van der Waals surface area contributed by atoms with E-state index in [0.29, 0.717) is 23.2 Å². The van der Waals surface area contributed by atoms with Gasteiger partial charge in [-0.2, -0.15) is 0 Å². The van der Waals surface area contributed by atoms with E-state index in [9.17, 15) is 19.2 Å². The van der Waals surface area contributed by atoms with Gasteiger partial charge in [0.1, 0.15) is 17.2 Å². The molecule has 38 heavy (non-hydrogen) atoms. The van der Waals surface area contributed by atoms with Gasteiger partial charge < -0.3 is 20.5 Å². The summed E-state index contributed by atoms with van der Waals surface area (Å²) in [5.74, 6) is -1.50. The van der Waals surface area contributed by atoms with E-state index in [1.54, 1.807) is 84.0 Å². The van der Waals surface area contributed by atoms with Crippen molar-refractivity contribution in [1.82, 2.24) is 4.90 Å². The van der Waals surface area contributed by atoms with E-state index in [1.165, 1.54) is 11.0 Å². The van der Waals surface area contributed by atoms with Crippen molar-refractivity contribution in [3.8, 4) is 0 Å². The SMILES string of the molecule is CC(C)(C)OC(=O)c1ccc(NC(=O)C2c3cccc(/C=C/C(N)=O)c3CCN2C(=O)OC(C)(C)C)cc1. The minimum atomic E-state index is -0.985. The fraction of sp³-hybridized carbons (Fsp3) is 0.379. The first-order valence-electron chi connectivity index (χ1n) is 12.4. The number of benzene rings is 2. The average Bonchev–Trinajstić information content (AvgIpc) is 2.80. The maximum Gasteiger partial charge on any atom is 0.411 e. The van der Waals surface area contributed by atoms with Crippen LogP contribution in [-0.2, 0) is 25.5 Å². The molecule has 0 aliphatic carbocycles. The highest BCUT2D eigenvalue weighted by Crippen LogP contribution is 2.34. The number of nitrogens with zero attached hydrogens (tertiary/aromatic N) is 1. The topological polar surface area (TPSA) is 128 Å². The lowest BCUT2D eigenvalue weighted by molar-refractivity contribution is -0.122.